The van der Waals surface area contributed by atoms with Crippen molar-refractivity contribution >= 4 is 5.91 Å². The van der Waals surface area contributed by atoms with Gasteiger partial charge in [-0.05, 0) is 49.6 Å². The minimum atomic E-state index is -0.338. The van der Waals surface area contributed by atoms with Gasteiger partial charge < -0.3 is 10.4 Å². The van der Waals surface area contributed by atoms with Gasteiger partial charge in [-0.25, -0.2) is 9.67 Å². The lowest BCUT2D eigenvalue weighted by Gasteiger charge is -2.14. The van der Waals surface area contributed by atoms with Crippen molar-refractivity contribution in [1.82, 2.24) is 25.1 Å². The molecule has 7 heteroatoms. The number of hydrogen-bond donors (Lipinski definition) is 2. The average Bonchev–Trinajstić information content (AvgIpc) is 3.15. The Balaban J connectivity index is 2.09. The lowest BCUT2D eigenvalue weighted by Crippen LogP contribution is -2.35. The second-order valence-electron chi connectivity index (χ2n) is 7.73. The van der Waals surface area contributed by atoms with Gasteiger partial charge in [0.25, 0.3) is 5.91 Å². The van der Waals surface area contributed by atoms with E-state index in [0.29, 0.717) is 11.5 Å². The number of carbonyl (C=O) groups excluding carboxylic acids is 1. The van der Waals surface area contributed by atoms with Crippen molar-refractivity contribution in [2.45, 2.75) is 40.2 Å². The number of aliphatic hydroxyl groups is 1. The lowest BCUT2D eigenvalue weighted by molar-refractivity contribution is 0.0922. The van der Waals surface area contributed by atoms with Crippen molar-refractivity contribution < 1.29 is 9.90 Å². The fourth-order valence-electron chi connectivity index (χ4n) is 2.99. The molecular weight excluding hydrogens is 366 g/mol. The van der Waals surface area contributed by atoms with Crippen LogP contribution in [0.15, 0.2) is 42.9 Å². The molecule has 0 radical (unpaired) electrons. The SMILES string of the molecule is Cc1ccc(-c2cc(C(=O)NC(C)CO)cc(-n3ncnc3CC(C)C)c2)nc1. The molecule has 1 aromatic carbocycles. The van der Waals surface area contributed by atoms with Gasteiger partial charge in [0, 0.05) is 29.8 Å². The number of pyridine rings is 1. The predicted octanol–water partition coefficient (Wildman–Crippen LogP) is 2.95. The summed E-state index contributed by atoms with van der Waals surface area (Å²) in [5.74, 6) is 1.00. The van der Waals surface area contributed by atoms with Gasteiger partial charge in [-0.2, -0.15) is 5.10 Å². The Morgan fingerprint density at radius 1 is 1.17 bits per heavy atom. The predicted molar refractivity (Wildman–Crippen MR) is 112 cm³/mol. The van der Waals surface area contributed by atoms with Gasteiger partial charge in [0.1, 0.15) is 12.2 Å². The van der Waals surface area contributed by atoms with Gasteiger partial charge in [-0.1, -0.05) is 19.9 Å². The summed E-state index contributed by atoms with van der Waals surface area (Å²) in [4.78, 5) is 21.6. The van der Waals surface area contributed by atoms with Crippen LogP contribution in [0, 0.1) is 12.8 Å². The van der Waals surface area contributed by atoms with Crippen molar-refractivity contribution in [3.05, 3.63) is 59.8 Å². The van der Waals surface area contributed by atoms with Crippen LogP contribution in [0.5, 0.6) is 0 Å². The molecule has 0 aliphatic heterocycles. The number of aliphatic hydroxyl groups excluding tert-OH is 1. The van der Waals surface area contributed by atoms with Crippen LogP contribution in [0.1, 0.15) is 42.5 Å². The Labute approximate surface area is 170 Å². The molecule has 1 unspecified atom stereocenters. The highest BCUT2D eigenvalue weighted by molar-refractivity contribution is 5.96. The van der Waals surface area contributed by atoms with Gasteiger partial charge in [0.2, 0.25) is 0 Å². The monoisotopic (exact) mass is 393 g/mol. The first-order valence-corrected chi connectivity index (χ1v) is 9.76. The van der Waals surface area contributed by atoms with Crippen LogP contribution in [-0.2, 0) is 6.42 Å². The molecule has 0 fully saturated rings. The zero-order valence-corrected chi connectivity index (χ0v) is 17.3. The molecule has 1 amide bonds. The highest BCUT2D eigenvalue weighted by atomic mass is 16.3. The maximum absolute atomic E-state index is 12.7. The third kappa shape index (κ3) is 5.06. The number of carbonyl (C=O) groups is 1. The molecule has 0 spiro atoms. The van der Waals surface area contributed by atoms with E-state index in [1.54, 1.807) is 29.9 Å². The number of hydrogen-bond acceptors (Lipinski definition) is 5. The molecule has 3 aromatic rings. The minimum Gasteiger partial charge on any atom is -0.394 e. The second-order valence-corrected chi connectivity index (χ2v) is 7.73. The van der Waals surface area contributed by atoms with Crippen molar-refractivity contribution in [3.8, 4) is 16.9 Å². The first kappa shape index (κ1) is 20.7. The van der Waals surface area contributed by atoms with E-state index in [4.69, 9.17) is 0 Å². The van der Waals surface area contributed by atoms with Gasteiger partial charge in [-0.3, -0.25) is 9.78 Å². The number of benzene rings is 1. The van der Waals surface area contributed by atoms with E-state index < -0.39 is 0 Å². The number of nitrogens with one attached hydrogen (secondary N) is 1. The highest BCUT2D eigenvalue weighted by Gasteiger charge is 2.16. The molecular formula is C22H27N5O2. The maximum Gasteiger partial charge on any atom is 0.251 e. The summed E-state index contributed by atoms with van der Waals surface area (Å²) in [6.07, 6.45) is 4.10. The Bertz CT molecular complexity index is 979. The van der Waals surface area contributed by atoms with Crippen molar-refractivity contribution in [2.24, 2.45) is 5.92 Å². The molecule has 0 bridgehead atoms. The van der Waals surface area contributed by atoms with Crippen LogP contribution in [0.2, 0.25) is 0 Å². The zero-order valence-electron chi connectivity index (χ0n) is 17.3. The van der Waals surface area contributed by atoms with Crippen molar-refractivity contribution in [2.75, 3.05) is 6.61 Å². The Morgan fingerprint density at radius 3 is 2.62 bits per heavy atom. The van der Waals surface area contributed by atoms with Crippen LogP contribution >= 0.6 is 0 Å². The van der Waals surface area contributed by atoms with E-state index in [1.165, 1.54) is 6.33 Å². The molecule has 1 atom stereocenters. The fraction of sp³-hybridized carbons (Fsp3) is 0.364. The standard InChI is InChI=1S/C22H27N5O2/c1-14(2)7-21-24-13-25-27(21)19-9-17(20-6-5-15(3)11-23-20)8-18(10-19)22(29)26-16(4)12-28/h5-6,8-11,13-14,16,28H,7,12H2,1-4H3,(H,26,29). The topological polar surface area (TPSA) is 92.9 Å². The highest BCUT2D eigenvalue weighted by Crippen LogP contribution is 2.24. The number of aryl methyl sites for hydroxylation is 1. The lowest BCUT2D eigenvalue weighted by atomic mass is 10.0. The van der Waals surface area contributed by atoms with E-state index in [9.17, 15) is 9.90 Å². The summed E-state index contributed by atoms with van der Waals surface area (Å²) in [6.45, 7) is 7.86. The molecule has 29 heavy (non-hydrogen) atoms. The number of aromatic nitrogens is 4. The van der Waals surface area contributed by atoms with E-state index >= 15 is 0 Å². The molecule has 0 aliphatic rings. The first-order valence-electron chi connectivity index (χ1n) is 9.76. The largest absolute Gasteiger partial charge is 0.394 e. The second kappa shape index (κ2) is 8.96. The number of rotatable bonds is 7. The van der Waals surface area contributed by atoms with Crippen LogP contribution < -0.4 is 5.32 Å². The Hall–Kier alpha value is -3.06. The number of nitrogens with zero attached hydrogens (tertiary/aromatic N) is 4. The normalized spacial score (nSPS) is 12.2. The summed E-state index contributed by atoms with van der Waals surface area (Å²) in [5, 5.41) is 16.4. The number of amides is 1. The van der Waals surface area contributed by atoms with Crippen molar-refractivity contribution in [1.29, 1.82) is 0 Å². The molecule has 2 aromatic heterocycles. The summed E-state index contributed by atoms with van der Waals surface area (Å²) in [6, 6.07) is 9.14. The molecule has 152 valence electrons. The third-order valence-electron chi connectivity index (χ3n) is 4.49. The van der Waals surface area contributed by atoms with Gasteiger partial charge in [0.15, 0.2) is 0 Å². The van der Waals surface area contributed by atoms with E-state index in [-0.39, 0.29) is 18.6 Å². The first-order chi connectivity index (χ1) is 13.9. The van der Waals surface area contributed by atoms with Crippen LogP contribution in [0.25, 0.3) is 16.9 Å². The maximum atomic E-state index is 12.7. The summed E-state index contributed by atoms with van der Waals surface area (Å²) in [7, 11) is 0. The minimum absolute atomic E-state index is 0.126. The quantitative estimate of drug-likeness (QED) is 0.644. The van der Waals surface area contributed by atoms with Crippen molar-refractivity contribution in [3.63, 3.8) is 0 Å². The smallest absolute Gasteiger partial charge is 0.251 e. The molecule has 2 heterocycles. The zero-order chi connectivity index (χ0) is 21.0. The summed E-state index contributed by atoms with van der Waals surface area (Å²) < 4.78 is 1.77. The van der Waals surface area contributed by atoms with Gasteiger partial charge >= 0.3 is 0 Å². The molecule has 7 nitrogen and oxygen atoms in total. The fourth-order valence-corrected chi connectivity index (χ4v) is 2.99. The average molecular weight is 393 g/mol. The van der Waals surface area contributed by atoms with E-state index in [1.807, 2.05) is 25.1 Å². The molecule has 0 saturated heterocycles. The third-order valence-corrected chi connectivity index (χ3v) is 4.49. The van der Waals surface area contributed by atoms with E-state index in [0.717, 1.165) is 34.8 Å². The molecule has 0 aliphatic carbocycles. The van der Waals surface area contributed by atoms with Gasteiger partial charge in [0.05, 0.1) is 18.0 Å². The molecule has 0 saturated carbocycles. The van der Waals surface area contributed by atoms with Gasteiger partial charge in [-0.15, -0.1) is 0 Å². The molecule has 3 rings (SSSR count). The van der Waals surface area contributed by atoms with E-state index in [2.05, 4.69) is 34.2 Å². The van der Waals surface area contributed by atoms with Crippen LogP contribution in [-0.4, -0.2) is 43.4 Å². The Kier molecular flexibility index (Phi) is 6.39. The summed E-state index contributed by atoms with van der Waals surface area (Å²) in [5.41, 5.74) is 3.88. The molecule has 2 N–H and O–H groups in total. The Morgan fingerprint density at radius 2 is 1.97 bits per heavy atom. The summed E-state index contributed by atoms with van der Waals surface area (Å²) >= 11 is 0. The van der Waals surface area contributed by atoms with Crippen LogP contribution in [0.4, 0.5) is 0 Å². The van der Waals surface area contributed by atoms with Crippen LogP contribution in [0.3, 0.4) is 0 Å².